The Bertz CT molecular complexity index is 271. The summed E-state index contributed by atoms with van der Waals surface area (Å²) in [6, 6.07) is -0.607. The zero-order valence-corrected chi connectivity index (χ0v) is 10.0. The van der Waals surface area contributed by atoms with Gasteiger partial charge in [-0.15, -0.1) is 0 Å². The number of hydrogen-bond acceptors (Lipinski definition) is 4. The van der Waals surface area contributed by atoms with Crippen LogP contribution in [0.1, 0.15) is 32.1 Å². The first-order chi connectivity index (χ1) is 8.20. The third kappa shape index (κ3) is 2.97. The number of carboxylic acids is 1. The number of carbonyl (C=O) groups is 1. The van der Waals surface area contributed by atoms with Gasteiger partial charge in [-0.25, -0.2) is 0 Å². The molecule has 98 valence electrons. The average molecular weight is 243 g/mol. The first-order valence-corrected chi connectivity index (χ1v) is 6.44. The maximum Gasteiger partial charge on any atom is 0.323 e. The van der Waals surface area contributed by atoms with Crippen molar-refractivity contribution in [2.24, 2.45) is 0 Å². The largest absolute Gasteiger partial charge is 0.480 e. The van der Waals surface area contributed by atoms with E-state index in [1.807, 2.05) is 4.90 Å². The summed E-state index contributed by atoms with van der Waals surface area (Å²) >= 11 is 0. The molecule has 5 nitrogen and oxygen atoms in total. The highest BCUT2D eigenvalue weighted by molar-refractivity contribution is 5.73. The van der Waals surface area contributed by atoms with Crippen LogP contribution in [-0.4, -0.2) is 59.0 Å². The van der Waals surface area contributed by atoms with Crippen LogP contribution < -0.4 is 0 Å². The predicted octanol–water partition coefficient (Wildman–Crippen LogP) is 0.465. The molecule has 0 aromatic rings. The van der Waals surface area contributed by atoms with E-state index in [0.29, 0.717) is 13.2 Å². The van der Waals surface area contributed by atoms with Gasteiger partial charge in [0.1, 0.15) is 6.04 Å². The lowest BCUT2D eigenvalue weighted by Crippen LogP contribution is -2.57. The molecule has 1 aliphatic heterocycles. The highest BCUT2D eigenvalue weighted by Gasteiger charge is 2.37. The number of rotatable bonds is 2. The van der Waals surface area contributed by atoms with Gasteiger partial charge in [-0.1, -0.05) is 19.3 Å². The molecule has 1 saturated heterocycles. The topological polar surface area (TPSA) is 70.0 Å². The number of aliphatic hydroxyl groups excluding tert-OH is 1. The SMILES string of the molecule is O=C(O)C1COCCN1C1CCCCCC1O. The van der Waals surface area contributed by atoms with Crippen LogP contribution in [0.25, 0.3) is 0 Å². The number of ether oxygens (including phenoxy) is 1. The molecule has 0 bridgehead atoms. The quantitative estimate of drug-likeness (QED) is 0.690. The molecule has 0 aromatic heterocycles. The molecule has 3 atom stereocenters. The minimum Gasteiger partial charge on any atom is -0.480 e. The third-order valence-electron chi connectivity index (χ3n) is 3.82. The highest BCUT2D eigenvalue weighted by atomic mass is 16.5. The van der Waals surface area contributed by atoms with E-state index in [9.17, 15) is 15.0 Å². The van der Waals surface area contributed by atoms with Gasteiger partial charge in [0, 0.05) is 12.6 Å². The second kappa shape index (κ2) is 5.80. The molecular formula is C12H21NO4. The van der Waals surface area contributed by atoms with Gasteiger partial charge in [-0.2, -0.15) is 0 Å². The lowest BCUT2D eigenvalue weighted by atomic mass is 10.0. The molecule has 2 fully saturated rings. The molecule has 2 rings (SSSR count). The molecule has 0 aromatic carbocycles. The molecule has 2 N–H and O–H groups in total. The summed E-state index contributed by atoms with van der Waals surface area (Å²) in [5.74, 6) is -0.846. The van der Waals surface area contributed by atoms with E-state index in [2.05, 4.69) is 0 Å². The van der Waals surface area contributed by atoms with Gasteiger partial charge < -0.3 is 14.9 Å². The lowest BCUT2D eigenvalue weighted by molar-refractivity contribution is -0.154. The second-order valence-electron chi connectivity index (χ2n) is 4.94. The fourth-order valence-corrected chi connectivity index (χ4v) is 2.88. The Kier molecular flexibility index (Phi) is 4.36. The standard InChI is InChI=1S/C12H21NO4/c14-11-5-3-1-2-4-9(11)13-6-7-17-8-10(13)12(15)16/h9-11,14H,1-8H2,(H,15,16). The van der Waals surface area contributed by atoms with Crippen molar-refractivity contribution in [3.05, 3.63) is 0 Å². The zero-order chi connectivity index (χ0) is 12.3. The Morgan fingerprint density at radius 3 is 2.76 bits per heavy atom. The van der Waals surface area contributed by atoms with E-state index in [1.54, 1.807) is 0 Å². The molecule has 5 heteroatoms. The van der Waals surface area contributed by atoms with Crippen molar-refractivity contribution in [1.29, 1.82) is 0 Å². The zero-order valence-electron chi connectivity index (χ0n) is 10.0. The molecular weight excluding hydrogens is 222 g/mol. The summed E-state index contributed by atoms with van der Waals surface area (Å²) < 4.78 is 5.23. The number of nitrogens with zero attached hydrogens (tertiary/aromatic N) is 1. The van der Waals surface area contributed by atoms with E-state index in [1.165, 1.54) is 0 Å². The van der Waals surface area contributed by atoms with Crippen LogP contribution >= 0.6 is 0 Å². The van der Waals surface area contributed by atoms with E-state index in [4.69, 9.17) is 4.74 Å². The Hall–Kier alpha value is -0.650. The number of carboxylic acid groups (broad SMARTS) is 1. The summed E-state index contributed by atoms with van der Waals surface area (Å²) in [7, 11) is 0. The van der Waals surface area contributed by atoms with Gasteiger partial charge in [0.15, 0.2) is 0 Å². The van der Waals surface area contributed by atoms with Crippen LogP contribution in [0, 0.1) is 0 Å². The van der Waals surface area contributed by atoms with Crippen molar-refractivity contribution in [3.63, 3.8) is 0 Å². The van der Waals surface area contributed by atoms with Crippen LogP contribution in [0.4, 0.5) is 0 Å². The van der Waals surface area contributed by atoms with Crippen molar-refractivity contribution >= 4 is 5.97 Å². The summed E-state index contributed by atoms with van der Waals surface area (Å²) in [4.78, 5) is 13.1. The second-order valence-corrected chi connectivity index (χ2v) is 4.94. The first-order valence-electron chi connectivity index (χ1n) is 6.44. The maximum atomic E-state index is 11.2. The highest BCUT2D eigenvalue weighted by Crippen LogP contribution is 2.25. The molecule has 2 aliphatic rings. The van der Waals surface area contributed by atoms with Crippen LogP contribution in [0.3, 0.4) is 0 Å². The van der Waals surface area contributed by atoms with Gasteiger partial charge in [0.05, 0.1) is 19.3 Å². The van der Waals surface area contributed by atoms with Gasteiger partial charge in [0.25, 0.3) is 0 Å². The Labute approximate surface area is 101 Å². The van der Waals surface area contributed by atoms with Gasteiger partial charge >= 0.3 is 5.97 Å². The average Bonchev–Trinajstić information content (AvgIpc) is 2.54. The van der Waals surface area contributed by atoms with E-state index < -0.39 is 18.1 Å². The van der Waals surface area contributed by atoms with Crippen molar-refractivity contribution in [2.45, 2.75) is 50.3 Å². The fraction of sp³-hybridized carbons (Fsp3) is 0.917. The normalized spacial score (nSPS) is 36.4. The summed E-state index contributed by atoms with van der Waals surface area (Å²) in [5, 5.41) is 19.3. The van der Waals surface area contributed by atoms with E-state index in [-0.39, 0.29) is 12.6 Å². The number of morpholine rings is 1. The van der Waals surface area contributed by atoms with Crippen molar-refractivity contribution < 1.29 is 19.7 Å². The molecule has 1 aliphatic carbocycles. The fourth-order valence-electron chi connectivity index (χ4n) is 2.88. The van der Waals surface area contributed by atoms with Crippen LogP contribution in [0.5, 0.6) is 0 Å². The van der Waals surface area contributed by atoms with E-state index in [0.717, 1.165) is 32.1 Å². The Balaban J connectivity index is 2.08. The van der Waals surface area contributed by atoms with Gasteiger partial charge in [-0.05, 0) is 12.8 Å². The van der Waals surface area contributed by atoms with Crippen LogP contribution in [-0.2, 0) is 9.53 Å². The molecule has 0 spiro atoms. The van der Waals surface area contributed by atoms with Crippen LogP contribution in [0.15, 0.2) is 0 Å². The molecule has 1 saturated carbocycles. The van der Waals surface area contributed by atoms with Crippen molar-refractivity contribution in [3.8, 4) is 0 Å². The van der Waals surface area contributed by atoms with Crippen LogP contribution in [0.2, 0.25) is 0 Å². The minimum absolute atomic E-state index is 0.0116. The lowest BCUT2D eigenvalue weighted by Gasteiger charge is -2.40. The number of aliphatic carboxylic acids is 1. The van der Waals surface area contributed by atoms with E-state index >= 15 is 0 Å². The third-order valence-corrected chi connectivity index (χ3v) is 3.82. The smallest absolute Gasteiger partial charge is 0.323 e. The number of hydrogen-bond donors (Lipinski definition) is 2. The van der Waals surface area contributed by atoms with Crippen molar-refractivity contribution in [2.75, 3.05) is 19.8 Å². The summed E-state index contributed by atoms with van der Waals surface area (Å²) in [5.41, 5.74) is 0. The molecule has 17 heavy (non-hydrogen) atoms. The molecule has 1 heterocycles. The monoisotopic (exact) mass is 243 g/mol. The summed E-state index contributed by atoms with van der Waals surface area (Å²) in [6.45, 7) is 1.41. The molecule has 3 unspecified atom stereocenters. The summed E-state index contributed by atoms with van der Waals surface area (Å²) in [6.07, 6.45) is 4.54. The van der Waals surface area contributed by atoms with Gasteiger partial charge in [-0.3, -0.25) is 9.69 Å². The Morgan fingerprint density at radius 2 is 2.00 bits per heavy atom. The maximum absolute atomic E-state index is 11.2. The minimum atomic E-state index is -0.846. The Morgan fingerprint density at radius 1 is 1.24 bits per heavy atom. The molecule has 0 radical (unpaired) electrons. The molecule has 0 amide bonds. The number of aliphatic hydroxyl groups is 1. The predicted molar refractivity (Wildman–Crippen MR) is 61.8 cm³/mol. The first kappa shape index (κ1) is 12.8. The van der Waals surface area contributed by atoms with Crippen molar-refractivity contribution in [1.82, 2.24) is 4.90 Å². The van der Waals surface area contributed by atoms with Gasteiger partial charge in [0.2, 0.25) is 0 Å².